The van der Waals surface area contributed by atoms with E-state index in [1.54, 1.807) is 30.3 Å². The van der Waals surface area contributed by atoms with Crippen LogP contribution < -0.4 is 14.8 Å². The van der Waals surface area contributed by atoms with E-state index in [0.717, 1.165) is 5.56 Å². The van der Waals surface area contributed by atoms with Gasteiger partial charge in [0.2, 0.25) is 12.6 Å². The molecule has 1 aromatic heterocycles. The molecular weight excluding hydrogens is 423 g/mol. The van der Waals surface area contributed by atoms with Crippen LogP contribution in [0.15, 0.2) is 66.7 Å². The molecule has 0 bridgehead atoms. The number of nitrogens with one attached hydrogen (secondary N) is 2. The lowest BCUT2D eigenvalue weighted by atomic mass is 9.97. The molecule has 0 saturated heterocycles. The second kappa shape index (κ2) is 7.60. The number of hydrogen-bond acceptors (Lipinski definition) is 4. The molecule has 0 radical (unpaired) electrons. The number of fused-ring (bicyclic) bond motifs is 2. The van der Waals surface area contributed by atoms with E-state index in [9.17, 15) is 18.0 Å². The maximum absolute atomic E-state index is 13.0. The van der Waals surface area contributed by atoms with Gasteiger partial charge in [-0.15, -0.1) is 0 Å². The number of carbonyl (C=O) groups is 1. The Morgan fingerprint density at radius 1 is 0.969 bits per heavy atom. The predicted octanol–water partition coefficient (Wildman–Crippen LogP) is 4.83. The molecule has 162 valence electrons. The predicted molar refractivity (Wildman–Crippen MR) is 109 cm³/mol. The molecule has 6 nitrogen and oxygen atoms in total. The van der Waals surface area contributed by atoms with Gasteiger partial charge in [0.05, 0.1) is 17.1 Å². The highest BCUT2D eigenvalue weighted by atomic mass is 19.4. The number of ether oxygens (including phenoxy) is 2. The van der Waals surface area contributed by atoms with Crippen molar-refractivity contribution in [2.45, 2.75) is 12.2 Å². The normalized spacial score (nSPS) is 13.8. The second-order valence-corrected chi connectivity index (χ2v) is 7.24. The molecule has 2 heterocycles. The quantitative estimate of drug-likeness (QED) is 0.478. The zero-order valence-corrected chi connectivity index (χ0v) is 16.4. The molecule has 0 aliphatic carbocycles. The Bertz CT molecular complexity index is 1300. The number of halogens is 3. The first-order valence-corrected chi connectivity index (χ1v) is 9.71. The van der Waals surface area contributed by atoms with Gasteiger partial charge < -0.3 is 19.8 Å². The Balaban J connectivity index is 1.51. The molecule has 9 heteroatoms. The molecule has 1 unspecified atom stereocenters. The molecule has 0 spiro atoms. The van der Waals surface area contributed by atoms with E-state index in [0.29, 0.717) is 22.6 Å². The Morgan fingerprint density at radius 3 is 2.53 bits per heavy atom. The van der Waals surface area contributed by atoms with Gasteiger partial charge in [0.25, 0.3) is 5.91 Å². The molecule has 1 atom stereocenters. The fourth-order valence-electron chi connectivity index (χ4n) is 3.60. The van der Waals surface area contributed by atoms with Crippen molar-refractivity contribution in [3.05, 3.63) is 89.2 Å². The average Bonchev–Trinajstić information content (AvgIpc) is 3.43. The number of carbonyl (C=O) groups excluding carboxylic acids is 1. The van der Waals surface area contributed by atoms with E-state index in [4.69, 9.17) is 9.47 Å². The number of nitrogens with zero attached hydrogens (tertiary/aromatic N) is 1. The van der Waals surface area contributed by atoms with Crippen molar-refractivity contribution in [1.82, 2.24) is 15.3 Å². The van der Waals surface area contributed by atoms with Gasteiger partial charge in [-0.25, -0.2) is 4.98 Å². The highest BCUT2D eigenvalue weighted by molar-refractivity contribution is 5.95. The second-order valence-electron chi connectivity index (χ2n) is 7.24. The number of alkyl halides is 3. The Morgan fingerprint density at radius 2 is 1.75 bits per heavy atom. The van der Waals surface area contributed by atoms with Gasteiger partial charge in [-0.05, 0) is 41.5 Å². The van der Waals surface area contributed by atoms with Crippen LogP contribution in [0, 0.1) is 0 Å². The monoisotopic (exact) mass is 439 g/mol. The van der Waals surface area contributed by atoms with Crippen LogP contribution in [0.5, 0.6) is 11.5 Å². The van der Waals surface area contributed by atoms with Gasteiger partial charge in [0.15, 0.2) is 11.5 Å². The number of aromatic amines is 1. The Hall–Kier alpha value is -4.01. The van der Waals surface area contributed by atoms with E-state index in [2.05, 4.69) is 15.3 Å². The lowest BCUT2D eigenvalue weighted by molar-refractivity contribution is -0.144. The topological polar surface area (TPSA) is 76.2 Å². The molecule has 1 amide bonds. The number of hydrogen-bond donors (Lipinski definition) is 2. The number of rotatable bonds is 4. The summed E-state index contributed by atoms with van der Waals surface area (Å²) >= 11 is 0. The maximum Gasteiger partial charge on any atom is 0.449 e. The lowest BCUT2D eigenvalue weighted by Crippen LogP contribution is -2.29. The molecule has 32 heavy (non-hydrogen) atoms. The van der Waals surface area contributed by atoms with Crippen LogP contribution in [-0.2, 0) is 6.18 Å². The first-order valence-electron chi connectivity index (χ1n) is 9.71. The number of H-pyrrole nitrogens is 1. The summed E-state index contributed by atoms with van der Waals surface area (Å²) in [5, 5.41) is 2.97. The molecule has 0 fully saturated rings. The van der Waals surface area contributed by atoms with Gasteiger partial charge in [0.1, 0.15) is 0 Å². The van der Waals surface area contributed by atoms with E-state index in [1.807, 2.05) is 30.3 Å². The van der Waals surface area contributed by atoms with Crippen molar-refractivity contribution in [2.75, 3.05) is 6.79 Å². The van der Waals surface area contributed by atoms with E-state index >= 15 is 0 Å². The van der Waals surface area contributed by atoms with Crippen LogP contribution in [0.4, 0.5) is 13.2 Å². The fourth-order valence-corrected chi connectivity index (χ4v) is 3.60. The van der Waals surface area contributed by atoms with Gasteiger partial charge in [-0.3, -0.25) is 4.79 Å². The van der Waals surface area contributed by atoms with E-state index in [1.165, 1.54) is 6.07 Å². The molecule has 0 saturated carbocycles. The van der Waals surface area contributed by atoms with Gasteiger partial charge >= 0.3 is 6.18 Å². The maximum atomic E-state index is 13.0. The first-order chi connectivity index (χ1) is 15.4. The van der Waals surface area contributed by atoms with Crippen molar-refractivity contribution >= 4 is 16.9 Å². The van der Waals surface area contributed by atoms with Crippen LogP contribution in [0.2, 0.25) is 0 Å². The van der Waals surface area contributed by atoms with E-state index in [-0.39, 0.29) is 23.7 Å². The third-order valence-electron chi connectivity index (χ3n) is 5.15. The molecule has 2 N–H and O–H groups in total. The summed E-state index contributed by atoms with van der Waals surface area (Å²) in [6.45, 7) is 0.0944. The van der Waals surface area contributed by atoms with Crippen LogP contribution >= 0.6 is 0 Å². The van der Waals surface area contributed by atoms with Crippen LogP contribution in [0.3, 0.4) is 0 Å². The zero-order valence-electron chi connectivity index (χ0n) is 16.4. The molecule has 1 aliphatic heterocycles. The third-order valence-corrected chi connectivity index (χ3v) is 5.15. The minimum atomic E-state index is -4.58. The molecule has 5 rings (SSSR count). The Kier molecular flexibility index (Phi) is 4.73. The van der Waals surface area contributed by atoms with Gasteiger partial charge in [0, 0.05) is 5.56 Å². The van der Waals surface area contributed by atoms with Crippen molar-refractivity contribution < 1.29 is 27.4 Å². The first kappa shape index (κ1) is 19.9. The summed E-state index contributed by atoms with van der Waals surface area (Å²) in [5.41, 5.74) is 2.17. The zero-order chi connectivity index (χ0) is 22.3. The number of aromatic nitrogens is 2. The summed E-state index contributed by atoms with van der Waals surface area (Å²) < 4.78 is 49.7. The summed E-state index contributed by atoms with van der Waals surface area (Å²) in [5.74, 6) is -0.387. The highest BCUT2D eigenvalue weighted by Gasteiger charge is 2.34. The largest absolute Gasteiger partial charge is 0.454 e. The van der Waals surface area contributed by atoms with Crippen LogP contribution in [0.25, 0.3) is 11.0 Å². The fraction of sp³-hybridized carbons (Fsp3) is 0.130. The summed E-state index contributed by atoms with van der Waals surface area (Å²) in [6.07, 6.45) is -4.58. The lowest BCUT2D eigenvalue weighted by Gasteiger charge is -2.20. The SMILES string of the molecule is O=C(NC(c1ccccc1)c1ccc2nc(C(F)(F)F)[nH]c2c1)c1ccc2c(c1)OCO2. The highest BCUT2D eigenvalue weighted by Crippen LogP contribution is 2.33. The third kappa shape index (κ3) is 3.73. The van der Waals surface area contributed by atoms with Crippen molar-refractivity contribution in [2.24, 2.45) is 0 Å². The smallest absolute Gasteiger partial charge is 0.449 e. The summed E-state index contributed by atoms with van der Waals surface area (Å²) in [4.78, 5) is 18.9. The summed E-state index contributed by atoms with van der Waals surface area (Å²) in [7, 11) is 0. The average molecular weight is 439 g/mol. The standard InChI is InChI=1S/C23H16F3N3O3/c24-23(25,26)22-27-16-8-6-14(10-17(16)28-22)20(13-4-2-1-3-5-13)29-21(30)15-7-9-18-19(11-15)32-12-31-18/h1-11,20H,12H2,(H,27,28)(H,29,30). The Labute approximate surface area is 180 Å². The van der Waals surface area contributed by atoms with E-state index < -0.39 is 18.0 Å². The van der Waals surface area contributed by atoms with Gasteiger partial charge in [-0.2, -0.15) is 13.2 Å². The number of imidazole rings is 1. The van der Waals surface area contributed by atoms with Crippen LogP contribution in [0.1, 0.15) is 33.4 Å². The van der Waals surface area contributed by atoms with Crippen LogP contribution in [-0.4, -0.2) is 22.7 Å². The molecular formula is C23H16F3N3O3. The van der Waals surface area contributed by atoms with Gasteiger partial charge in [-0.1, -0.05) is 36.4 Å². The minimum absolute atomic E-state index is 0.0944. The molecule has 3 aromatic carbocycles. The van der Waals surface area contributed by atoms with Crippen molar-refractivity contribution in [3.8, 4) is 11.5 Å². The van der Waals surface area contributed by atoms with Crippen molar-refractivity contribution in [3.63, 3.8) is 0 Å². The summed E-state index contributed by atoms with van der Waals surface area (Å²) in [6, 6.07) is 18.2. The molecule has 4 aromatic rings. The number of benzene rings is 3. The minimum Gasteiger partial charge on any atom is -0.454 e. The molecule has 1 aliphatic rings. The van der Waals surface area contributed by atoms with Crippen molar-refractivity contribution in [1.29, 1.82) is 0 Å². The number of amides is 1.